The maximum Gasteiger partial charge on any atom is 0.139 e. The molecule has 0 bridgehead atoms. The van der Waals surface area contributed by atoms with Crippen molar-refractivity contribution in [3.8, 4) is 22.5 Å². The van der Waals surface area contributed by atoms with E-state index in [2.05, 4.69) is 65.9 Å². The Morgan fingerprint density at radius 2 is 1.55 bits per heavy atom. The number of aromatic nitrogens is 2. The van der Waals surface area contributed by atoms with Crippen molar-refractivity contribution in [1.29, 1.82) is 0 Å². The second kappa shape index (κ2) is 4.97. The van der Waals surface area contributed by atoms with E-state index in [1.54, 1.807) is 0 Å². The molecule has 0 amide bonds. The molecule has 2 aromatic carbocycles. The van der Waals surface area contributed by atoms with Gasteiger partial charge in [-0.25, -0.2) is 4.98 Å². The fourth-order valence-electron chi connectivity index (χ4n) is 2.67. The van der Waals surface area contributed by atoms with Gasteiger partial charge >= 0.3 is 0 Å². The normalized spacial score (nSPS) is 10.8. The Morgan fingerprint density at radius 1 is 0.850 bits per heavy atom. The summed E-state index contributed by atoms with van der Waals surface area (Å²) < 4.78 is 2.06. The monoisotopic (exact) mass is 262 g/mol. The summed E-state index contributed by atoms with van der Waals surface area (Å²) in [5.74, 6) is 1.01. The lowest BCUT2D eigenvalue weighted by Gasteiger charge is -2.13. The average Bonchev–Trinajstić information content (AvgIpc) is 2.86. The molecule has 0 saturated carbocycles. The van der Waals surface area contributed by atoms with E-state index in [4.69, 9.17) is 0 Å². The van der Waals surface area contributed by atoms with Gasteiger partial charge in [-0.05, 0) is 36.1 Å². The van der Waals surface area contributed by atoms with Gasteiger partial charge in [0.05, 0.1) is 0 Å². The third-order valence-corrected chi connectivity index (χ3v) is 3.83. The number of aryl methyl sites for hydroxylation is 2. The molecule has 0 aliphatic rings. The Bertz CT molecular complexity index is 754. The quantitative estimate of drug-likeness (QED) is 0.670. The summed E-state index contributed by atoms with van der Waals surface area (Å²) in [4.78, 5) is 4.47. The first-order chi connectivity index (χ1) is 9.68. The molecule has 0 saturated heterocycles. The van der Waals surface area contributed by atoms with Crippen molar-refractivity contribution in [2.45, 2.75) is 13.8 Å². The maximum atomic E-state index is 4.47. The summed E-state index contributed by atoms with van der Waals surface area (Å²) in [6.07, 6.45) is 3.82. The van der Waals surface area contributed by atoms with Gasteiger partial charge in [0.25, 0.3) is 0 Å². The van der Waals surface area contributed by atoms with Crippen molar-refractivity contribution >= 4 is 0 Å². The van der Waals surface area contributed by atoms with Crippen LogP contribution in [-0.4, -0.2) is 9.55 Å². The van der Waals surface area contributed by atoms with Gasteiger partial charge in [0, 0.05) is 25.0 Å². The van der Waals surface area contributed by atoms with Crippen LogP contribution in [0.1, 0.15) is 11.1 Å². The molecular weight excluding hydrogens is 244 g/mol. The van der Waals surface area contributed by atoms with Crippen molar-refractivity contribution in [2.24, 2.45) is 7.05 Å². The van der Waals surface area contributed by atoms with Crippen LogP contribution >= 0.6 is 0 Å². The molecule has 2 nitrogen and oxygen atoms in total. The van der Waals surface area contributed by atoms with Gasteiger partial charge in [0.2, 0.25) is 0 Å². The molecule has 20 heavy (non-hydrogen) atoms. The van der Waals surface area contributed by atoms with E-state index in [1.807, 2.05) is 19.4 Å². The largest absolute Gasteiger partial charge is 0.334 e. The van der Waals surface area contributed by atoms with Crippen LogP contribution < -0.4 is 0 Å². The lowest BCUT2D eigenvalue weighted by molar-refractivity contribution is 0.923. The Labute approximate surface area is 119 Å². The molecule has 0 fully saturated rings. The number of hydrogen-bond acceptors (Lipinski definition) is 1. The van der Waals surface area contributed by atoms with Crippen molar-refractivity contribution in [1.82, 2.24) is 9.55 Å². The highest BCUT2D eigenvalue weighted by molar-refractivity contribution is 5.77. The SMILES string of the molecule is Cc1ccccc1-c1cccc(-c2nccn2C)c1C. The molecule has 0 aliphatic heterocycles. The predicted octanol–water partition coefficient (Wildman–Crippen LogP) is 4.37. The smallest absolute Gasteiger partial charge is 0.139 e. The van der Waals surface area contributed by atoms with E-state index in [9.17, 15) is 0 Å². The van der Waals surface area contributed by atoms with Crippen molar-refractivity contribution in [3.63, 3.8) is 0 Å². The molecule has 0 aliphatic carbocycles. The molecule has 3 rings (SSSR count). The van der Waals surface area contributed by atoms with Crippen molar-refractivity contribution < 1.29 is 0 Å². The molecule has 3 aromatic rings. The van der Waals surface area contributed by atoms with Crippen LogP contribution in [0, 0.1) is 13.8 Å². The molecule has 1 aromatic heterocycles. The Kier molecular flexibility index (Phi) is 3.15. The summed E-state index contributed by atoms with van der Waals surface area (Å²) in [5.41, 5.74) is 6.34. The summed E-state index contributed by atoms with van der Waals surface area (Å²) in [6.45, 7) is 4.33. The number of imidazole rings is 1. The minimum Gasteiger partial charge on any atom is -0.334 e. The summed E-state index contributed by atoms with van der Waals surface area (Å²) >= 11 is 0. The first-order valence-corrected chi connectivity index (χ1v) is 6.82. The summed E-state index contributed by atoms with van der Waals surface area (Å²) in [5, 5.41) is 0. The zero-order valence-electron chi connectivity index (χ0n) is 12.1. The number of hydrogen-bond donors (Lipinski definition) is 0. The van der Waals surface area contributed by atoms with E-state index >= 15 is 0 Å². The number of nitrogens with zero attached hydrogens (tertiary/aromatic N) is 2. The van der Waals surface area contributed by atoms with Gasteiger partial charge in [-0.2, -0.15) is 0 Å². The van der Waals surface area contributed by atoms with Gasteiger partial charge in [-0.15, -0.1) is 0 Å². The highest BCUT2D eigenvalue weighted by Gasteiger charge is 2.11. The zero-order valence-corrected chi connectivity index (χ0v) is 12.1. The lowest BCUT2D eigenvalue weighted by Crippen LogP contribution is -1.96. The standard InChI is InChI=1S/C18H18N2/c1-13-7-4-5-8-15(13)16-9-6-10-17(14(16)2)18-19-11-12-20(18)3/h4-12H,1-3H3. The van der Waals surface area contributed by atoms with Gasteiger partial charge in [-0.1, -0.05) is 42.5 Å². The van der Waals surface area contributed by atoms with E-state index in [-0.39, 0.29) is 0 Å². The lowest BCUT2D eigenvalue weighted by atomic mass is 9.93. The van der Waals surface area contributed by atoms with Gasteiger partial charge in [-0.3, -0.25) is 0 Å². The number of benzene rings is 2. The Balaban J connectivity index is 2.21. The van der Waals surface area contributed by atoms with E-state index in [0.717, 1.165) is 5.82 Å². The molecule has 0 unspecified atom stereocenters. The second-order valence-corrected chi connectivity index (χ2v) is 5.15. The first-order valence-electron chi connectivity index (χ1n) is 6.82. The molecule has 2 heteroatoms. The molecule has 0 atom stereocenters. The zero-order chi connectivity index (χ0) is 14.1. The van der Waals surface area contributed by atoms with Gasteiger partial charge in [0.15, 0.2) is 0 Å². The minimum absolute atomic E-state index is 1.01. The highest BCUT2D eigenvalue weighted by Crippen LogP contribution is 2.32. The second-order valence-electron chi connectivity index (χ2n) is 5.15. The molecule has 100 valence electrons. The van der Waals surface area contributed by atoms with Crippen molar-refractivity contribution in [3.05, 3.63) is 66.0 Å². The van der Waals surface area contributed by atoms with E-state index < -0.39 is 0 Å². The molecule has 0 radical (unpaired) electrons. The van der Waals surface area contributed by atoms with Crippen LogP contribution in [0.5, 0.6) is 0 Å². The fourth-order valence-corrected chi connectivity index (χ4v) is 2.67. The molecule has 0 spiro atoms. The predicted molar refractivity (Wildman–Crippen MR) is 83.6 cm³/mol. The van der Waals surface area contributed by atoms with Crippen LogP contribution in [0.4, 0.5) is 0 Å². The van der Waals surface area contributed by atoms with Crippen LogP contribution in [0.15, 0.2) is 54.9 Å². The van der Waals surface area contributed by atoms with Crippen LogP contribution in [-0.2, 0) is 7.05 Å². The highest BCUT2D eigenvalue weighted by atomic mass is 15.0. The van der Waals surface area contributed by atoms with Crippen LogP contribution in [0.2, 0.25) is 0 Å². The van der Waals surface area contributed by atoms with E-state index in [0.29, 0.717) is 0 Å². The van der Waals surface area contributed by atoms with Crippen LogP contribution in [0.3, 0.4) is 0 Å². The summed E-state index contributed by atoms with van der Waals surface area (Å²) in [6, 6.07) is 14.9. The number of rotatable bonds is 2. The van der Waals surface area contributed by atoms with E-state index in [1.165, 1.54) is 27.8 Å². The molecule has 0 N–H and O–H groups in total. The average molecular weight is 262 g/mol. The molecular formula is C18H18N2. The third kappa shape index (κ3) is 2.03. The summed E-state index contributed by atoms with van der Waals surface area (Å²) in [7, 11) is 2.03. The minimum atomic E-state index is 1.01. The topological polar surface area (TPSA) is 17.8 Å². The first kappa shape index (κ1) is 12.7. The molecule has 1 heterocycles. The Morgan fingerprint density at radius 3 is 2.25 bits per heavy atom. The third-order valence-electron chi connectivity index (χ3n) is 3.83. The maximum absolute atomic E-state index is 4.47. The van der Waals surface area contributed by atoms with Crippen LogP contribution in [0.25, 0.3) is 22.5 Å². The Hall–Kier alpha value is -2.35. The fraction of sp³-hybridized carbons (Fsp3) is 0.167. The van der Waals surface area contributed by atoms with Gasteiger partial charge in [0.1, 0.15) is 5.82 Å². The van der Waals surface area contributed by atoms with Gasteiger partial charge < -0.3 is 4.57 Å². The van der Waals surface area contributed by atoms with Crippen molar-refractivity contribution in [2.75, 3.05) is 0 Å².